The lowest BCUT2D eigenvalue weighted by atomic mass is 10.1. The first-order valence-corrected chi connectivity index (χ1v) is 4.11. The maximum Gasteiger partial charge on any atom is 0.337 e. The van der Waals surface area contributed by atoms with E-state index in [2.05, 4.69) is 4.74 Å². The van der Waals surface area contributed by atoms with Gasteiger partial charge in [0.05, 0.1) is 12.7 Å². The molecule has 0 bridgehead atoms. The molecule has 0 spiro atoms. The number of esters is 1. The van der Waals surface area contributed by atoms with Crippen molar-refractivity contribution >= 4 is 28.5 Å². The molecular formula is C9H8ClNO3. The highest BCUT2D eigenvalue weighted by molar-refractivity contribution is 6.67. The Labute approximate surface area is 85.6 Å². The van der Waals surface area contributed by atoms with E-state index >= 15 is 0 Å². The first-order valence-electron chi connectivity index (χ1n) is 3.73. The first-order chi connectivity index (χ1) is 6.54. The number of nitrogen functional groups attached to an aromatic ring is 1. The van der Waals surface area contributed by atoms with Gasteiger partial charge < -0.3 is 10.5 Å². The van der Waals surface area contributed by atoms with Crippen LogP contribution < -0.4 is 5.73 Å². The van der Waals surface area contributed by atoms with E-state index in [4.69, 9.17) is 17.3 Å². The van der Waals surface area contributed by atoms with E-state index < -0.39 is 11.2 Å². The quantitative estimate of drug-likeness (QED) is 0.459. The van der Waals surface area contributed by atoms with E-state index in [1.165, 1.54) is 25.3 Å². The molecule has 0 heterocycles. The Hall–Kier alpha value is -1.55. The number of hydrogen-bond acceptors (Lipinski definition) is 4. The van der Waals surface area contributed by atoms with Crippen molar-refractivity contribution in [2.24, 2.45) is 0 Å². The first kappa shape index (κ1) is 10.5. The zero-order valence-electron chi connectivity index (χ0n) is 7.41. The summed E-state index contributed by atoms with van der Waals surface area (Å²) in [4.78, 5) is 21.9. The van der Waals surface area contributed by atoms with E-state index in [0.29, 0.717) is 0 Å². The zero-order valence-corrected chi connectivity index (χ0v) is 8.17. The molecule has 14 heavy (non-hydrogen) atoms. The highest BCUT2D eigenvalue weighted by Gasteiger charge is 2.10. The maximum atomic E-state index is 11.1. The van der Waals surface area contributed by atoms with Crippen molar-refractivity contribution in [2.75, 3.05) is 12.8 Å². The van der Waals surface area contributed by atoms with Crippen LogP contribution in [0.4, 0.5) is 5.69 Å². The molecule has 1 aromatic rings. The third kappa shape index (κ3) is 2.23. The minimum absolute atomic E-state index is 0.173. The monoisotopic (exact) mass is 213 g/mol. The maximum absolute atomic E-state index is 11.1. The van der Waals surface area contributed by atoms with Crippen LogP contribution >= 0.6 is 11.6 Å². The molecule has 1 rings (SSSR count). The van der Waals surface area contributed by atoms with Crippen LogP contribution in [0.5, 0.6) is 0 Å². The summed E-state index contributed by atoms with van der Waals surface area (Å²) in [5, 5.41) is -0.664. The van der Waals surface area contributed by atoms with Gasteiger partial charge in [-0.25, -0.2) is 4.79 Å². The Bertz CT molecular complexity index is 390. The highest BCUT2D eigenvalue weighted by atomic mass is 35.5. The van der Waals surface area contributed by atoms with Crippen molar-refractivity contribution in [3.63, 3.8) is 0 Å². The van der Waals surface area contributed by atoms with E-state index in [1.54, 1.807) is 0 Å². The fourth-order valence-electron chi connectivity index (χ4n) is 1.00. The van der Waals surface area contributed by atoms with Crippen molar-refractivity contribution in [1.29, 1.82) is 0 Å². The van der Waals surface area contributed by atoms with Crippen molar-refractivity contribution in [3.05, 3.63) is 29.3 Å². The van der Waals surface area contributed by atoms with Crippen LogP contribution in [0.25, 0.3) is 0 Å². The third-order valence-corrected chi connectivity index (χ3v) is 1.82. The molecule has 4 nitrogen and oxygen atoms in total. The highest BCUT2D eigenvalue weighted by Crippen LogP contribution is 2.14. The Kier molecular flexibility index (Phi) is 3.09. The molecule has 0 atom stereocenters. The number of halogens is 1. The number of anilines is 1. The number of carbonyl (C=O) groups excluding carboxylic acids is 2. The number of methoxy groups -OCH3 is 1. The van der Waals surface area contributed by atoms with Crippen LogP contribution in [0.15, 0.2) is 18.2 Å². The van der Waals surface area contributed by atoms with Crippen LogP contribution in [-0.2, 0) is 4.74 Å². The van der Waals surface area contributed by atoms with Gasteiger partial charge in [0.15, 0.2) is 0 Å². The van der Waals surface area contributed by atoms with Gasteiger partial charge in [0.2, 0.25) is 0 Å². The second-order valence-electron chi connectivity index (χ2n) is 2.61. The number of rotatable bonds is 2. The van der Waals surface area contributed by atoms with Crippen molar-refractivity contribution in [2.45, 2.75) is 0 Å². The average molecular weight is 214 g/mol. The van der Waals surface area contributed by atoms with Crippen LogP contribution in [0.1, 0.15) is 20.7 Å². The van der Waals surface area contributed by atoms with E-state index in [1.807, 2.05) is 0 Å². The van der Waals surface area contributed by atoms with Crippen molar-refractivity contribution in [1.82, 2.24) is 0 Å². The summed E-state index contributed by atoms with van der Waals surface area (Å²) in [6.07, 6.45) is 0. The summed E-state index contributed by atoms with van der Waals surface area (Å²) < 4.78 is 4.48. The molecule has 0 aromatic heterocycles. The van der Waals surface area contributed by atoms with Gasteiger partial charge in [-0.1, -0.05) is 0 Å². The van der Waals surface area contributed by atoms with Gasteiger partial charge in [0.1, 0.15) is 0 Å². The topological polar surface area (TPSA) is 69.4 Å². The second kappa shape index (κ2) is 4.11. The molecular weight excluding hydrogens is 206 g/mol. The Morgan fingerprint density at radius 1 is 1.29 bits per heavy atom. The lowest BCUT2D eigenvalue weighted by Gasteiger charge is -2.02. The van der Waals surface area contributed by atoms with Crippen molar-refractivity contribution in [3.8, 4) is 0 Å². The fraction of sp³-hybridized carbons (Fsp3) is 0.111. The molecule has 74 valence electrons. The van der Waals surface area contributed by atoms with Gasteiger partial charge >= 0.3 is 5.97 Å². The normalized spacial score (nSPS) is 9.57. The second-order valence-corrected chi connectivity index (χ2v) is 2.95. The lowest BCUT2D eigenvalue weighted by Crippen LogP contribution is -2.04. The molecule has 5 heteroatoms. The molecule has 0 aliphatic heterocycles. The smallest absolute Gasteiger partial charge is 0.337 e. The molecule has 0 fully saturated rings. The minimum Gasteiger partial charge on any atom is -0.465 e. The molecule has 0 aliphatic rings. The summed E-state index contributed by atoms with van der Waals surface area (Å²) in [6, 6.07) is 4.13. The van der Waals surface area contributed by atoms with Crippen LogP contribution in [0.2, 0.25) is 0 Å². The number of hydrogen-bond donors (Lipinski definition) is 1. The fourth-order valence-corrected chi connectivity index (χ4v) is 1.11. The average Bonchev–Trinajstić information content (AvgIpc) is 2.15. The summed E-state index contributed by atoms with van der Waals surface area (Å²) in [5.41, 5.74) is 6.14. The summed E-state index contributed by atoms with van der Waals surface area (Å²) in [5.74, 6) is -0.559. The van der Waals surface area contributed by atoms with E-state index in [9.17, 15) is 9.59 Å². The summed E-state index contributed by atoms with van der Waals surface area (Å²) in [7, 11) is 1.24. The van der Waals surface area contributed by atoms with Gasteiger partial charge in [-0.3, -0.25) is 4.79 Å². The Balaban J connectivity index is 3.20. The van der Waals surface area contributed by atoms with Gasteiger partial charge in [-0.2, -0.15) is 0 Å². The minimum atomic E-state index is -0.664. The van der Waals surface area contributed by atoms with Crippen molar-refractivity contribution < 1.29 is 14.3 Å². The molecule has 0 saturated heterocycles. The molecule has 0 unspecified atom stereocenters. The number of nitrogens with two attached hydrogens (primary N) is 1. The number of carbonyl (C=O) groups is 2. The van der Waals surface area contributed by atoms with Gasteiger partial charge in [0, 0.05) is 11.3 Å². The van der Waals surface area contributed by atoms with E-state index in [0.717, 1.165) is 0 Å². The van der Waals surface area contributed by atoms with E-state index in [-0.39, 0.29) is 16.8 Å². The predicted octanol–water partition coefficient (Wildman–Crippen LogP) is 1.43. The van der Waals surface area contributed by atoms with Gasteiger partial charge in [0.25, 0.3) is 5.24 Å². The summed E-state index contributed by atoms with van der Waals surface area (Å²) >= 11 is 5.25. The van der Waals surface area contributed by atoms with Gasteiger partial charge in [-0.05, 0) is 29.8 Å². The third-order valence-electron chi connectivity index (χ3n) is 1.60. The molecule has 0 saturated carbocycles. The van der Waals surface area contributed by atoms with Crippen LogP contribution in [0, 0.1) is 0 Å². The largest absolute Gasteiger partial charge is 0.465 e. The Morgan fingerprint density at radius 3 is 2.36 bits per heavy atom. The van der Waals surface area contributed by atoms with Crippen LogP contribution in [0.3, 0.4) is 0 Å². The molecule has 0 radical (unpaired) electrons. The Morgan fingerprint density at radius 2 is 1.86 bits per heavy atom. The zero-order chi connectivity index (χ0) is 10.7. The SMILES string of the molecule is COC(=O)c1cc(N)cc(C(=O)Cl)c1. The number of benzene rings is 1. The lowest BCUT2D eigenvalue weighted by molar-refractivity contribution is 0.0601. The number of ether oxygens (including phenoxy) is 1. The molecule has 2 N–H and O–H groups in total. The molecule has 0 amide bonds. The molecule has 1 aromatic carbocycles. The van der Waals surface area contributed by atoms with Crippen LogP contribution in [-0.4, -0.2) is 18.3 Å². The van der Waals surface area contributed by atoms with Gasteiger partial charge in [-0.15, -0.1) is 0 Å². The standard InChI is InChI=1S/C9H8ClNO3/c1-14-9(13)6-2-5(8(10)12)3-7(11)4-6/h2-4H,11H2,1H3. The summed E-state index contributed by atoms with van der Waals surface area (Å²) in [6.45, 7) is 0. The molecule has 0 aliphatic carbocycles. The predicted molar refractivity (Wildman–Crippen MR) is 52.4 cm³/mol.